The minimum atomic E-state index is -0.774. The van der Waals surface area contributed by atoms with Crippen LogP contribution in [0.1, 0.15) is 12.7 Å². The van der Waals surface area contributed by atoms with E-state index < -0.39 is 23.2 Å². The van der Waals surface area contributed by atoms with Crippen molar-refractivity contribution in [3.05, 3.63) is 28.3 Å². The predicted molar refractivity (Wildman–Crippen MR) is 67.8 cm³/mol. The Morgan fingerprint density at radius 3 is 2.58 bits per heavy atom. The Labute approximate surface area is 108 Å². The third-order valence-corrected chi connectivity index (χ3v) is 2.73. The highest BCUT2D eigenvalue weighted by molar-refractivity contribution is 5.91. The Morgan fingerprint density at radius 2 is 2.00 bits per heavy atom. The minimum absolute atomic E-state index is 0.0543. The third kappa shape index (κ3) is 2.34. The van der Waals surface area contributed by atoms with Crippen molar-refractivity contribution in [2.24, 2.45) is 0 Å². The van der Waals surface area contributed by atoms with Gasteiger partial charge in [-0.25, -0.2) is 4.79 Å². The lowest BCUT2D eigenvalue weighted by Crippen LogP contribution is -2.09. The van der Waals surface area contributed by atoms with Gasteiger partial charge in [0.25, 0.3) is 0 Å². The molecule has 1 atom stereocenters. The fraction of sp³-hybridized carbons (Fsp3) is 0.308. The summed E-state index contributed by atoms with van der Waals surface area (Å²) in [6.45, 7) is 1.57. The number of benzene rings is 1. The monoisotopic (exact) mass is 266 g/mol. The molecule has 0 aliphatic rings. The van der Waals surface area contributed by atoms with Crippen molar-refractivity contribution >= 4 is 10.8 Å². The van der Waals surface area contributed by atoms with E-state index in [1.807, 2.05) is 0 Å². The molecule has 0 aliphatic carbocycles. The maximum Gasteiger partial charge on any atom is 0.347 e. The first kappa shape index (κ1) is 13.2. The Bertz CT molecular complexity index is 671. The SMILES string of the molecule is COc1cc2cc(CC(C)O)oc(=O)c2c(O)c1O. The molecule has 0 saturated heterocycles. The van der Waals surface area contributed by atoms with Crippen LogP contribution in [0, 0.1) is 0 Å². The zero-order chi connectivity index (χ0) is 14.2. The van der Waals surface area contributed by atoms with Gasteiger partial charge in [-0.15, -0.1) is 0 Å². The van der Waals surface area contributed by atoms with Crippen molar-refractivity contribution in [1.82, 2.24) is 0 Å². The number of ether oxygens (including phenoxy) is 1. The number of aliphatic hydroxyl groups is 1. The van der Waals surface area contributed by atoms with E-state index in [1.165, 1.54) is 19.2 Å². The summed E-state index contributed by atoms with van der Waals surface area (Å²) < 4.78 is 9.89. The highest BCUT2D eigenvalue weighted by Gasteiger charge is 2.17. The van der Waals surface area contributed by atoms with Gasteiger partial charge in [-0.05, 0) is 19.1 Å². The summed E-state index contributed by atoms with van der Waals surface area (Å²) in [5.41, 5.74) is -0.774. The average molecular weight is 266 g/mol. The largest absolute Gasteiger partial charge is 0.504 e. The molecule has 2 rings (SSSR count). The molecule has 0 radical (unpaired) electrons. The van der Waals surface area contributed by atoms with E-state index in [9.17, 15) is 20.1 Å². The number of fused-ring (bicyclic) bond motifs is 1. The van der Waals surface area contributed by atoms with Gasteiger partial charge in [0.1, 0.15) is 11.1 Å². The fourth-order valence-electron chi connectivity index (χ4n) is 1.90. The van der Waals surface area contributed by atoms with Gasteiger partial charge in [-0.2, -0.15) is 0 Å². The molecule has 1 unspecified atom stereocenters. The number of aromatic hydroxyl groups is 2. The molecule has 0 aliphatic heterocycles. The zero-order valence-corrected chi connectivity index (χ0v) is 10.5. The molecular formula is C13H14O6. The average Bonchev–Trinajstić information content (AvgIpc) is 2.32. The number of phenolic OH excluding ortho intramolecular Hbond substituents is 2. The smallest absolute Gasteiger partial charge is 0.347 e. The summed E-state index contributed by atoms with van der Waals surface area (Å²) in [4.78, 5) is 11.8. The fourth-order valence-corrected chi connectivity index (χ4v) is 1.90. The van der Waals surface area contributed by atoms with Crippen molar-refractivity contribution in [2.45, 2.75) is 19.4 Å². The van der Waals surface area contributed by atoms with Crippen LogP contribution in [0.15, 0.2) is 21.3 Å². The molecule has 0 fully saturated rings. The van der Waals surface area contributed by atoms with Gasteiger partial charge < -0.3 is 24.5 Å². The first-order chi connectivity index (χ1) is 8.93. The predicted octanol–water partition coefficient (Wildman–Crippen LogP) is 1.14. The highest BCUT2D eigenvalue weighted by Crippen LogP contribution is 2.40. The molecule has 2 aromatic rings. The van der Waals surface area contributed by atoms with Gasteiger partial charge in [0.05, 0.1) is 13.2 Å². The van der Waals surface area contributed by atoms with Crippen LogP contribution in [0.2, 0.25) is 0 Å². The molecule has 6 heteroatoms. The lowest BCUT2D eigenvalue weighted by atomic mass is 10.1. The van der Waals surface area contributed by atoms with Gasteiger partial charge in [0.15, 0.2) is 11.5 Å². The molecule has 6 nitrogen and oxygen atoms in total. The molecule has 1 aromatic heterocycles. The molecule has 0 amide bonds. The Kier molecular flexibility index (Phi) is 3.35. The van der Waals surface area contributed by atoms with E-state index in [-0.39, 0.29) is 17.6 Å². The van der Waals surface area contributed by atoms with Crippen LogP contribution in [0.25, 0.3) is 10.8 Å². The lowest BCUT2D eigenvalue weighted by Gasteiger charge is -2.09. The second-order valence-electron chi connectivity index (χ2n) is 4.29. The first-order valence-electron chi connectivity index (χ1n) is 5.67. The number of phenols is 2. The molecule has 102 valence electrons. The molecule has 0 spiro atoms. The molecule has 1 aromatic carbocycles. The van der Waals surface area contributed by atoms with Crippen LogP contribution in [-0.2, 0) is 6.42 Å². The van der Waals surface area contributed by atoms with E-state index in [0.29, 0.717) is 11.1 Å². The van der Waals surface area contributed by atoms with Gasteiger partial charge >= 0.3 is 5.63 Å². The van der Waals surface area contributed by atoms with E-state index in [2.05, 4.69) is 0 Å². The summed E-state index contributed by atoms with van der Waals surface area (Å²) in [7, 11) is 1.34. The van der Waals surface area contributed by atoms with Gasteiger partial charge in [0, 0.05) is 11.8 Å². The van der Waals surface area contributed by atoms with E-state index in [4.69, 9.17) is 9.15 Å². The Balaban J connectivity index is 2.74. The summed E-state index contributed by atoms with van der Waals surface area (Å²) >= 11 is 0. The summed E-state index contributed by atoms with van der Waals surface area (Å²) in [6, 6.07) is 2.94. The number of rotatable bonds is 3. The van der Waals surface area contributed by atoms with E-state index in [0.717, 1.165) is 0 Å². The second kappa shape index (κ2) is 4.81. The molecule has 3 N–H and O–H groups in total. The standard InChI is InChI=1S/C13H14O6/c1-6(14)3-8-4-7-5-9(18-2)11(15)12(16)10(7)13(17)19-8/h4-6,14-16H,3H2,1-2H3. The van der Waals surface area contributed by atoms with Gasteiger partial charge in [0.2, 0.25) is 5.75 Å². The summed E-state index contributed by atoms with van der Waals surface area (Å²) in [5, 5.41) is 29.0. The van der Waals surface area contributed by atoms with Crippen LogP contribution in [0.4, 0.5) is 0 Å². The molecule has 19 heavy (non-hydrogen) atoms. The third-order valence-electron chi connectivity index (χ3n) is 2.73. The highest BCUT2D eigenvalue weighted by atomic mass is 16.5. The Hall–Kier alpha value is -2.21. The second-order valence-corrected chi connectivity index (χ2v) is 4.29. The van der Waals surface area contributed by atoms with Crippen molar-refractivity contribution < 1.29 is 24.5 Å². The van der Waals surface area contributed by atoms with Crippen LogP contribution < -0.4 is 10.4 Å². The van der Waals surface area contributed by atoms with Crippen molar-refractivity contribution in [3.63, 3.8) is 0 Å². The number of hydrogen-bond acceptors (Lipinski definition) is 6. The maximum absolute atomic E-state index is 11.8. The van der Waals surface area contributed by atoms with Crippen molar-refractivity contribution in [1.29, 1.82) is 0 Å². The van der Waals surface area contributed by atoms with Gasteiger partial charge in [-0.1, -0.05) is 0 Å². The zero-order valence-electron chi connectivity index (χ0n) is 10.5. The maximum atomic E-state index is 11.8. The summed E-state index contributed by atoms with van der Waals surface area (Å²) in [6.07, 6.45) is -0.483. The topological polar surface area (TPSA) is 100 Å². The number of hydrogen-bond donors (Lipinski definition) is 3. The van der Waals surface area contributed by atoms with Crippen LogP contribution in [0.3, 0.4) is 0 Å². The van der Waals surface area contributed by atoms with Crippen LogP contribution >= 0.6 is 0 Å². The summed E-state index contributed by atoms with van der Waals surface area (Å²) in [5.74, 6) is -0.740. The van der Waals surface area contributed by atoms with Gasteiger partial charge in [-0.3, -0.25) is 0 Å². The normalized spacial score (nSPS) is 12.6. The van der Waals surface area contributed by atoms with Crippen LogP contribution in [0.5, 0.6) is 17.2 Å². The molecule has 0 saturated carbocycles. The number of methoxy groups -OCH3 is 1. The first-order valence-corrected chi connectivity index (χ1v) is 5.67. The Morgan fingerprint density at radius 1 is 1.32 bits per heavy atom. The van der Waals surface area contributed by atoms with Crippen LogP contribution in [-0.4, -0.2) is 28.5 Å². The number of aliphatic hydroxyl groups excluding tert-OH is 1. The van der Waals surface area contributed by atoms with Crippen molar-refractivity contribution in [2.75, 3.05) is 7.11 Å². The molecular weight excluding hydrogens is 252 g/mol. The quantitative estimate of drug-likeness (QED) is 0.720. The van der Waals surface area contributed by atoms with Crippen molar-refractivity contribution in [3.8, 4) is 17.2 Å². The van der Waals surface area contributed by atoms with E-state index >= 15 is 0 Å². The minimum Gasteiger partial charge on any atom is -0.504 e. The molecule has 0 bridgehead atoms. The lowest BCUT2D eigenvalue weighted by molar-refractivity contribution is 0.186. The molecule has 1 heterocycles. The van der Waals surface area contributed by atoms with E-state index in [1.54, 1.807) is 6.92 Å².